The maximum atomic E-state index is 11.1. The molecule has 0 bridgehead atoms. The highest BCUT2D eigenvalue weighted by molar-refractivity contribution is 5.81. The third kappa shape index (κ3) is 3.89. The summed E-state index contributed by atoms with van der Waals surface area (Å²) in [4.78, 5) is 21.2. The minimum absolute atomic E-state index is 0.193. The third-order valence-corrected chi connectivity index (χ3v) is 2.03. The van der Waals surface area contributed by atoms with Gasteiger partial charge in [-0.25, -0.2) is 0 Å². The van der Waals surface area contributed by atoms with Gasteiger partial charge in [0, 0.05) is 12.5 Å². The first-order chi connectivity index (χ1) is 6.18. The van der Waals surface area contributed by atoms with Crippen LogP contribution < -0.4 is 10.6 Å². The predicted octanol–water partition coefficient (Wildman–Crippen LogP) is -0.671. The molecule has 13 heavy (non-hydrogen) atoms. The average molecular weight is 186 g/mol. The molecule has 0 aromatic heterocycles. The van der Waals surface area contributed by atoms with Crippen molar-refractivity contribution in [2.24, 2.45) is 0 Å². The first-order valence-electron chi connectivity index (χ1n) is 4.40. The zero-order valence-corrected chi connectivity index (χ0v) is 7.38. The molecule has 0 aliphatic carbocycles. The van der Waals surface area contributed by atoms with Gasteiger partial charge in [-0.05, 0) is 19.4 Å². The van der Waals surface area contributed by atoms with Gasteiger partial charge in [0.25, 0.3) is 0 Å². The van der Waals surface area contributed by atoms with Gasteiger partial charge < -0.3 is 15.7 Å². The van der Waals surface area contributed by atoms with Crippen LogP contribution >= 0.6 is 0 Å². The molecule has 74 valence electrons. The fourth-order valence-electron chi connectivity index (χ4n) is 1.40. The highest BCUT2D eigenvalue weighted by Gasteiger charge is 2.17. The number of aliphatic carboxylic acids is 1. The summed E-state index contributed by atoms with van der Waals surface area (Å²) in [5, 5.41) is 13.8. The first kappa shape index (κ1) is 9.98. The summed E-state index contributed by atoms with van der Waals surface area (Å²) >= 11 is 0. The molecule has 0 spiro atoms. The topological polar surface area (TPSA) is 78.4 Å². The van der Waals surface area contributed by atoms with Crippen LogP contribution in [0.25, 0.3) is 0 Å². The van der Waals surface area contributed by atoms with Crippen LogP contribution in [0.4, 0.5) is 0 Å². The Morgan fingerprint density at radius 3 is 2.85 bits per heavy atom. The maximum Gasteiger partial charge on any atom is 0.322 e. The maximum absolute atomic E-state index is 11.1. The van der Waals surface area contributed by atoms with Crippen molar-refractivity contribution < 1.29 is 14.7 Å². The van der Waals surface area contributed by atoms with E-state index in [1.54, 1.807) is 0 Å². The number of carbonyl (C=O) groups is 2. The normalized spacial score (nSPS) is 21.4. The third-order valence-electron chi connectivity index (χ3n) is 2.03. The largest absolute Gasteiger partial charge is 0.480 e. The van der Waals surface area contributed by atoms with E-state index in [0.717, 1.165) is 19.4 Å². The van der Waals surface area contributed by atoms with Crippen LogP contribution in [-0.4, -0.2) is 36.1 Å². The quantitative estimate of drug-likeness (QED) is 0.544. The van der Waals surface area contributed by atoms with E-state index >= 15 is 0 Å². The fourth-order valence-corrected chi connectivity index (χ4v) is 1.40. The lowest BCUT2D eigenvalue weighted by Crippen LogP contribution is -2.34. The zero-order valence-electron chi connectivity index (χ0n) is 7.38. The van der Waals surface area contributed by atoms with Crippen LogP contribution in [-0.2, 0) is 9.59 Å². The van der Waals surface area contributed by atoms with Crippen molar-refractivity contribution >= 4 is 11.9 Å². The Kier molecular flexibility index (Phi) is 3.70. The highest BCUT2D eigenvalue weighted by Crippen LogP contribution is 2.07. The van der Waals surface area contributed by atoms with Crippen molar-refractivity contribution in [1.82, 2.24) is 10.6 Å². The molecule has 0 radical (unpaired) electrons. The Balaban J connectivity index is 2.13. The Morgan fingerprint density at radius 2 is 2.31 bits per heavy atom. The molecule has 1 amide bonds. The predicted molar refractivity (Wildman–Crippen MR) is 46.3 cm³/mol. The van der Waals surface area contributed by atoms with E-state index in [0.29, 0.717) is 6.42 Å². The van der Waals surface area contributed by atoms with Crippen LogP contribution in [0.15, 0.2) is 0 Å². The smallest absolute Gasteiger partial charge is 0.322 e. The van der Waals surface area contributed by atoms with Gasteiger partial charge >= 0.3 is 5.97 Å². The number of rotatable bonds is 4. The summed E-state index contributed by atoms with van der Waals surface area (Å²) in [6.45, 7) is 0.669. The van der Waals surface area contributed by atoms with E-state index in [-0.39, 0.29) is 18.5 Å². The fraction of sp³-hybridized carbons (Fsp3) is 0.750. The monoisotopic (exact) mass is 186 g/mol. The second-order valence-electron chi connectivity index (χ2n) is 3.17. The molecule has 5 nitrogen and oxygen atoms in total. The lowest BCUT2D eigenvalue weighted by Gasteiger charge is -2.08. The van der Waals surface area contributed by atoms with Gasteiger partial charge in [-0.1, -0.05) is 0 Å². The van der Waals surface area contributed by atoms with Crippen LogP contribution in [0, 0.1) is 0 Å². The molecule has 1 fully saturated rings. The van der Waals surface area contributed by atoms with Crippen molar-refractivity contribution in [3.8, 4) is 0 Å². The van der Waals surface area contributed by atoms with Gasteiger partial charge in [0.2, 0.25) is 5.91 Å². The average Bonchev–Trinajstić information content (AvgIpc) is 2.53. The summed E-state index contributed by atoms with van der Waals surface area (Å²) < 4.78 is 0. The Labute approximate surface area is 76.5 Å². The molecule has 1 atom stereocenters. The van der Waals surface area contributed by atoms with Gasteiger partial charge in [-0.15, -0.1) is 0 Å². The SMILES string of the molecule is O=C(O)CNC(=O)CC1CCCN1. The second kappa shape index (κ2) is 4.81. The van der Waals surface area contributed by atoms with Gasteiger partial charge in [0.1, 0.15) is 6.54 Å². The number of carboxylic acid groups (broad SMARTS) is 1. The van der Waals surface area contributed by atoms with E-state index in [1.807, 2.05) is 0 Å². The Hall–Kier alpha value is -1.10. The number of amides is 1. The van der Waals surface area contributed by atoms with Crippen molar-refractivity contribution in [3.63, 3.8) is 0 Å². The minimum Gasteiger partial charge on any atom is -0.480 e. The molecule has 5 heteroatoms. The van der Waals surface area contributed by atoms with E-state index in [9.17, 15) is 9.59 Å². The van der Waals surface area contributed by atoms with Crippen molar-refractivity contribution in [2.45, 2.75) is 25.3 Å². The number of carbonyl (C=O) groups excluding carboxylic acids is 1. The Morgan fingerprint density at radius 1 is 1.54 bits per heavy atom. The van der Waals surface area contributed by atoms with Gasteiger partial charge in [-0.3, -0.25) is 9.59 Å². The summed E-state index contributed by atoms with van der Waals surface area (Å²) in [5.41, 5.74) is 0. The minimum atomic E-state index is -1.01. The summed E-state index contributed by atoms with van der Waals surface area (Å²) in [6, 6.07) is 0.230. The molecule has 3 N–H and O–H groups in total. The summed E-state index contributed by atoms with van der Waals surface area (Å²) in [7, 11) is 0. The van der Waals surface area contributed by atoms with Crippen LogP contribution in [0.1, 0.15) is 19.3 Å². The molecule has 0 aromatic carbocycles. The number of nitrogens with one attached hydrogen (secondary N) is 2. The van der Waals surface area contributed by atoms with E-state index in [2.05, 4.69) is 10.6 Å². The lowest BCUT2D eigenvalue weighted by molar-refractivity contribution is -0.138. The molecular weight excluding hydrogens is 172 g/mol. The number of hydrogen-bond donors (Lipinski definition) is 3. The van der Waals surface area contributed by atoms with Crippen LogP contribution in [0.5, 0.6) is 0 Å². The molecule has 0 saturated carbocycles. The second-order valence-corrected chi connectivity index (χ2v) is 3.17. The lowest BCUT2D eigenvalue weighted by atomic mass is 10.1. The highest BCUT2D eigenvalue weighted by atomic mass is 16.4. The standard InChI is InChI=1S/C8H14N2O3/c11-7(10-5-8(12)13)4-6-2-1-3-9-6/h6,9H,1-5H2,(H,10,11)(H,12,13). The van der Waals surface area contributed by atoms with E-state index in [4.69, 9.17) is 5.11 Å². The molecule has 0 aromatic rings. The number of carboxylic acids is 1. The molecule has 1 aliphatic rings. The van der Waals surface area contributed by atoms with Crippen LogP contribution in [0.2, 0.25) is 0 Å². The van der Waals surface area contributed by atoms with Gasteiger partial charge in [0.15, 0.2) is 0 Å². The van der Waals surface area contributed by atoms with Crippen molar-refractivity contribution in [2.75, 3.05) is 13.1 Å². The van der Waals surface area contributed by atoms with E-state index < -0.39 is 5.97 Å². The Bertz CT molecular complexity index is 200. The van der Waals surface area contributed by atoms with Crippen molar-refractivity contribution in [3.05, 3.63) is 0 Å². The van der Waals surface area contributed by atoms with Crippen molar-refractivity contribution in [1.29, 1.82) is 0 Å². The molecular formula is C8H14N2O3. The summed E-state index contributed by atoms with van der Waals surface area (Å²) in [6.07, 6.45) is 2.48. The molecule has 1 saturated heterocycles. The van der Waals surface area contributed by atoms with Crippen LogP contribution in [0.3, 0.4) is 0 Å². The molecule has 1 aliphatic heterocycles. The zero-order chi connectivity index (χ0) is 9.68. The summed E-state index contributed by atoms with van der Waals surface area (Å²) in [5.74, 6) is -1.20. The molecule has 1 heterocycles. The molecule has 1 unspecified atom stereocenters. The molecule has 1 rings (SSSR count). The van der Waals surface area contributed by atoms with E-state index in [1.165, 1.54) is 0 Å². The van der Waals surface area contributed by atoms with Gasteiger partial charge in [-0.2, -0.15) is 0 Å². The number of hydrogen-bond acceptors (Lipinski definition) is 3. The first-order valence-corrected chi connectivity index (χ1v) is 4.40. The van der Waals surface area contributed by atoms with Gasteiger partial charge in [0.05, 0.1) is 0 Å².